The zero-order valence-corrected chi connectivity index (χ0v) is 20.4. The molecule has 184 valence electrons. The maximum atomic E-state index is 8.79. The Hall–Kier alpha value is -2.68. The summed E-state index contributed by atoms with van der Waals surface area (Å²) in [6.45, 7) is 4.40. The van der Waals surface area contributed by atoms with Gasteiger partial charge in [0.1, 0.15) is 17.3 Å². The molecule has 2 aliphatic rings. The van der Waals surface area contributed by atoms with Crippen LogP contribution in [0.1, 0.15) is 49.0 Å². The highest BCUT2D eigenvalue weighted by molar-refractivity contribution is 5.79. The van der Waals surface area contributed by atoms with Crippen LogP contribution in [0.15, 0.2) is 42.6 Å². The van der Waals surface area contributed by atoms with Crippen molar-refractivity contribution in [1.82, 2.24) is 14.4 Å². The molecule has 1 aliphatic heterocycles. The number of aromatic nitrogens is 1. The number of piperidine rings is 1. The smallest absolute Gasteiger partial charge is 0.203 e. The number of hydrogen-bond acceptors (Lipinski definition) is 6. The van der Waals surface area contributed by atoms with Gasteiger partial charge in [0, 0.05) is 39.3 Å². The number of nitrogens with two attached hydrogens (primary N) is 1. The van der Waals surface area contributed by atoms with Gasteiger partial charge in [-0.15, -0.1) is 0 Å². The molecule has 8 heteroatoms. The van der Waals surface area contributed by atoms with E-state index in [1.54, 1.807) is 23.9 Å². The van der Waals surface area contributed by atoms with Crippen LogP contribution in [0.2, 0.25) is 0 Å². The molecule has 1 saturated heterocycles. The third-order valence-corrected chi connectivity index (χ3v) is 7.07. The fourth-order valence-corrected chi connectivity index (χ4v) is 5.06. The van der Waals surface area contributed by atoms with Gasteiger partial charge in [-0.1, -0.05) is 24.3 Å². The first-order valence-corrected chi connectivity index (χ1v) is 12.3. The second-order valence-corrected chi connectivity index (χ2v) is 9.55. The number of nitrogens with one attached hydrogen (secondary N) is 2. The van der Waals surface area contributed by atoms with E-state index in [2.05, 4.69) is 29.0 Å². The van der Waals surface area contributed by atoms with Crippen molar-refractivity contribution in [2.75, 3.05) is 46.9 Å². The normalized spacial score (nSPS) is 20.9. The Labute approximate surface area is 202 Å². The fraction of sp³-hybridized carbons (Fsp3) is 0.538. The number of pyridine rings is 1. The molecule has 2 aromatic rings. The average molecular weight is 467 g/mol. The van der Waals surface area contributed by atoms with Gasteiger partial charge in [0.05, 0.1) is 12.8 Å². The Morgan fingerprint density at radius 3 is 2.56 bits per heavy atom. The number of benzene rings is 1. The van der Waals surface area contributed by atoms with E-state index in [4.69, 9.17) is 26.0 Å². The number of hydrogen-bond donors (Lipinski definition) is 3. The minimum absolute atomic E-state index is 0.0486. The molecule has 4 N–H and O–H groups in total. The molecule has 4 rings (SSSR count). The third-order valence-electron chi connectivity index (χ3n) is 7.07. The number of fused-ring (bicyclic) bond motifs is 1. The summed E-state index contributed by atoms with van der Waals surface area (Å²) in [5, 5.41) is 17.2. The van der Waals surface area contributed by atoms with Crippen LogP contribution in [0.3, 0.4) is 0 Å². The van der Waals surface area contributed by atoms with Crippen LogP contribution in [0.25, 0.3) is 0 Å². The fourth-order valence-electron chi connectivity index (χ4n) is 5.06. The number of methoxy groups -OCH3 is 1. The molecule has 1 aliphatic carbocycles. The molecule has 8 nitrogen and oxygen atoms in total. The predicted octanol–water partition coefficient (Wildman–Crippen LogP) is 2.95. The van der Waals surface area contributed by atoms with Crippen molar-refractivity contribution in [1.29, 1.82) is 10.8 Å². The summed E-state index contributed by atoms with van der Waals surface area (Å²) in [5.41, 5.74) is 8.86. The van der Waals surface area contributed by atoms with E-state index < -0.39 is 0 Å². The Bertz CT molecular complexity index is 1030. The van der Waals surface area contributed by atoms with E-state index in [0.717, 1.165) is 69.6 Å². The van der Waals surface area contributed by atoms with E-state index in [1.165, 1.54) is 0 Å². The first-order valence-electron chi connectivity index (χ1n) is 12.3. The van der Waals surface area contributed by atoms with Crippen LogP contribution in [0.5, 0.6) is 5.75 Å². The van der Waals surface area contributed by atoms with Gasteiger partial charge in [0.15, 0.2) is 0 Å². The molecular weight excluding hydrogens is 428 g/mol. The molecule has 34 heavy (non-hydrogen) atoms. The van der Waals surface area contributed by atoms with Crippen LogP contribution in [0, 0.1) is 16.7 Å². The molecule has 1 fully saturated rings. The molecule has 0 bridgehead atoms. The lowest BCUT2D eigenvalue weighted by Crippen LogP contribution is -2.45. The van der Waals surface area contributed by atoms with E-state index >= 15 is 0 Å². The number of nitrogens with zero attached hydrogens (tertiary/aromatic N) is 3. The molecule has 0 unspecified atom stereocenters. The van der Waals surface area contributed by atoms with E-state index in [1.807, 2.05) is 18.2 Å². The van der Waals surface area contributed by atoms with Crippen molar-refractivity contribution in [3.63, 3.8) is 0 Å². The molecular formula is C26H38N6O2. The summed E-state index contributed by atoms with van der Waals surface area (Å²) in [4.78, 5) is 4.39. The van der Waals surface area contributed by atoms with Gasteiger partial charge in [-0.2, -0.15) is 0 Å². The third kappa shape index (κ3) is 5.68. The lowest BCUT2D eigenvalue weighted by Gasteiger charge is -2.35. The van der Waals surface area contributed by atoms with Crippen LogP contribution >= 0.6 is 0 Å². The molecule has 2 heterocycles. The van der Waals surface area contributed by atoms with Gasteiger partial charge in [0.25, 0.3) is 0 Å². The summed E-state index contributed by atoms with van der Waals surface area (Å²) < 4.78 is 13.2. The van der Waals surface area contributed by atoms with E-state index in [-0.39, 0.29) is 17.6 Å². The minimum atomic E-state index is -0.0685. The standard InChI is InChI=1S/C26H38N6O2/c1-30(15-16-33-2)17-19-11-13-31(14-12-19)26(29)32-18-20(7-10-25(32)28)34-24-9-8-23(27)21-5-3-4-6-22(21)24/h3-7,10,18-19,23-24,28-29H,8-9,11-17,27H2,1-2H3/t23-,24+/m0/s1. The Morgan fingerprint density at radius 2 is 1.82 bits per heavy atom. The minimum Gasteiger partial charge on any atom is -0.484 e. The molecule has 0 amide bonds. The Balaban J connectivity index is 1.40. The Kier molecular flexibility index (Phi) is 8.03. The van der Waals surface area contributed by atoms with Crippen molar-refractivity contribution in [2.45, 2.75) is 37.8 Å². The topological polar surface area (TPSA) is 104 Å². The maximum Gasteiger partial charge on any atom is 0.203 e. The van der Waals surface area contributed by atoms with Crippen LogP contribution in [0.4, 0.5) is 0 Å². The average Bonchev–Trinajstić information content (AvgIpc) is 2.86. The molecule has 0 saturated carbocycles. The number of ether oxygens (including phenoxy) is 2. The maximum absolute atomic E-state index is 8.79. The lowest BCUT2D eigenvalue weighted by molar-refractivity contribution is 0.139. The van der Waals surface area contributed by atoms with Crippen molar-refractivity contribution in [2.24, 2.45) is 11.7 Å². The van der Waals surface area contributed by atoms with E-state index in [9.17, 15) is 0 Å². The summed E-state index contributed by atoms with van der Waals surface area (Å²) in [6, 6.07) is 11.8. The number of likely N-dealkylation sites (tertiary alicyclic amines) is 1. The van der Waals surface area contributed by atoms with Gasteiger partial charge in [-0.05, 0) is 61.9 Å². The predicted molar refractivity (Wildman–Crippen MR) is 133 cm³/mol. The first-order chi connectivity index (χ1) is 16.5. The second-order valence-electron chi connectivity index (χ2n) is 9.55. The van der Waals surface area contributed by atoms with Gasteiger partial charge in [-0.25, -0.2) is 0 Å². The zero-order valence-electron chi connectivity index (χ0n) is 20.4. The van der Waals surface area contributed by atoms with E-state index in [0.29, 0.717) is 17.6 Å². The quantitative estimate of drug-likeness (QED) is 0.430. The highest BCUT2D eigenvalue weighted by Gasteiger charge is 2.27. The van der Waals surface area contributed by atoms with Crippen LogP contribution in [-0.2, 0) is 4.74 Å². The van der Waals surface area contributed by atoms with Crippen molar-refractivity contribution < 1.29 is 9.47 Å². The largest absolute Gasteiger partial charge is 0.484 e. The highest BCUT2D eigenvalue weighted by Crippen LogP contribution is 2.37. The van der Waals surface area contributed by atoms with Gasteiger partial charge >= 0.3 is 0 Å². The Morgan fingerprint density at radius 1 is 1.09 bits per heavy atom. The zero-order chi connectivity index (χ0) is 24.1. The summed E-state index contributed by atoms with van der Waals surface area (Å²) in [7, 11) is 3.87. The molecule has 0 radical (unpaired) electrons. The first kappa shape index (κ1) is 24.4. The van der Waals surface area contributed by atoms with Gasteiger partial charge in [0.2, 0.25) is 5.96 Å². The molecule has 2 atom stereocenters. The summed E-state index contributed by atoms with van der Waals surface area (Å²) in [6.07, 6.45) is 5.54. The lowest BCUT2D eigenvalue weighted by atomic mass is 9.86. The van der Waals surface area contributed by atoms with Crippen molar-refractivity contribution >= 4 is 5.96 Å². The molecule has 1 aromatic carbocycles. The summed E-state index contributed by atoms with van der Waals surface area (Å²) >= 11 is 0. The van der Waals surface area contributed by atoms with Crippen molar-refractivity contribution in [3.8, 4) is 5.75 Å². The second kappa shape index (κ2) is 11.2. The van der Waals surface area contributed by atoms with Crippen LogP contribution < -0.4 is 16.0 Å². The van der Waals surface area contributed by atoms with Crippen LogP contribution in [-0.4, -0.2) is 67.3 Å². The molecule has 1 aromatic heterocycles. The molecule has 0 spiro atoms. The number of rotatable bonds is 7. The van der Waals surface area contributed by atoms with Gasteiger partial charge in [-0.3, -0.25) is 15.4 Å². The van der Waals surface area contributed by atoms with Gasteiger partial charge < -0.3 is 25.0 Å². The number of likely N-dealkylation sites (N-methyl/N-ethyl adjacent to an activating group) is 1. The highest BCUT2D eigenvalue weighted by atomic mass is 16.5. The summed E-state index contributed by atoms with van der Waals surface area (Å²) in [5.74, 6) is 1.64. The monoisotopic (exact) mass is 466 g/mol. The van der Waals surface area contributed by atoms with Crippen molar-refractivity contribution in [3.05, 3.63) is 59.2 Å². The SMILES string of the molecule is COCCN(C)CC1CCN(C(=N)n2cc(O[C@@H]3CC[C@H](N)c4ccccc43)ccc2=N)CC1.